The highest BCUT2D eigenvalue weighted by Crippen LogP contribution is 2.28. The van der Waals surface area contributed by atoms with Gasteiger partial charge in [0.15, 0.2) is 0 Å². The summed E-state index contributed by atoms with van der Waals surface area (Å²) in [4.78, 5) is 28.2. The first-order valence-electron chi connectivity index (χ1n) is 9.65. The fraction of sp³-hybridized carbons (Fsp3) is 0.125. The Kier molecular flexibility index (Phi) is 5.86. The molecule has 5 nitrogen and oxygen atoms in total. The topological polar surface area (TPSA) is 71.1 Å². The van der Waals surface area contributed by atoms with Gasteiger partial charge in [-0.05, 0) is 41.0 Å². The van der Waals surface area contributed by atoms with Gasteiger partial charge in [0.1, 0.15) is 5.01 Å². The number of aromatic nitrogens is 1. The fourth-order valence-corrected chi connectivity index (χ4v) is 4.23. The van der Waals surface area contributed by atoms with Gasteiger partial charge in [0.2, 0.25) is 11.8 Å². The van der Waals surface area contributed by atoms with Gasteiger partial charge in [-0.15, -0.1) is 11.3 Å². The number of carbonyl (C=O) groups excluding carboxylic acids is 2. The number of anilines is 1. The summed E-state index contributed by atoms with van der Waals surface area (Å²) in [5.74, 6) is -0.204. The van der Waals surface area contributed by atoms with Crippen LogP contribution in [-0.4, -0.2) is 16.8 Å². The van der Waals surface area contributed by atoms with E-state index >= 15 is 0 Å². The SMILES string of the molecule is CC(=O)Nc1cccc(CNC(=O)Cc2nc3ccc(-c4ccccc4)cc3s2)c1. The number of nitrogens with one attached hydrogen (secondary N) is 2. The Balaban J connectivity index is 1.40. The van der Waals surface area contributed by atoms with Crippen molar-refractivity contribution in [2.45, 2.75) is 19.9 Å². The van der Waals surface area contributed by atoms with E-state index in [4.69, 9.17) is 0 Å². The van der Waals surface area contributed by atoms with E-state index in [0.717, 1.165) is 37.6 Å². The van der Waals surface area contributed by atoms with E-state index < -0.39 is 0 Å². The molecule has 2 amide bonds. The number of rotatable bonds is 6. The Hall–Kier alpha value is -3.51. The van der Waals surface area contributed by atoms with Gasteiger partial charge in [0.25, 0.3) is 0 Å². The molecule has 0 aliphatic carbocycles. The predicted octanol–water partition coefficient (Wildman–Crippen LogP) is 4.78. The van der Waals surface area contributed by atoms with Crippen LogP contribution in [0, 0.1) is 0 Å². The summed E-state index contributed by atoms with van der Waals surface area (Å²) < 4.78 is 1.07. The average Bonchev–Trinajstić information content (AvgIpc) is 3.14. The Bertz CT molecular complexity index is 1200. The van der Waals surface area contributed by atoms with Gasteiger partial charge in [-0.3, -0.25) is 9.59 Å². The summed E-state index contributed by atoms with van der Waals surface area (Å²) in [6.07, 6.45) is 0.241. The molecule has 2 N–H and O–H groups in total. The Morgan fingerprint density at radius 1 is 0.933 bits per heavy atom. The lowest BCUT2D eigenvalue weighted by molar-refractivity contribution is -0.120. The maximum atomic E-state index is 12.4. The van der Waals surface area contributed by atoms with Gasteiger partial charge in [0, 0.05) is 19.2 Å². The van der Waals surface area contributed by atoms with Crippen LogP contribution in [0.3, 0.4) is 0 Å². The van der Waals surface area contributed by atoms with Crippen LogP contribution in [0.4, 0.5) is 5.69 Å². The van der Waals surface area contributed by atoms with Crippen molar-refractivity contribution in [3.05, 3.63) is 83.4 Å². The Morgan fingerprint density at radius 3 is 2.57 bits per heavy atom. The highest BCUT2D eigenvalue weighted by Gasteiger charge is 2.10. The molecule has 4 rings (SSSR count). The molecule has 0 fully saturated rings. The molecule has 30 heavy (non-hydrogen) atoms. The molecule has 6 heteroatoms. The van der Waals surface area contributed by atoms with Crippen molar-refractivity contribution in [1.82, 2.24) is 10.3 Å². The van der Waals surface area contributed by atoms with Crippen molar-refractivity contribution in [2.24, 2.45) is 0 Å². The number of carbonyl (C=O) groups is 2. The van der Waals surface area contributed by atoms with Gasteiger partial charge < -0.3 is 10.6 Å². The fourth-order valence-electron chi connectivity index (χ4n) is 3.22. The van der Waals surface area contributed by atoms with E-state index in [0.29, 0.717) is 6.54 Å². The third-order valence-corrected chi connectivity index (χ3v) is 5.61. The smallest absolute Gasteiger partial charge is 0.227 e. The second kappa shape index (κ2) is 8.88. The molecule has 0 bridgehead atoms. The summed E-state index contributed by atoms with van der Waals surface area (Å²) in [6, 6.07) is 23.8. The van der Waals surface area contributed by atoms with Crippen LogP contribution in [0.25, 0.3) is 21.3 Å². The van der Waals surface area contributed by atoms with E-state index in [-0.39, 0.29) is 18.2 Å². The summed E-state index contributed by atoms with van der Waals surface area (Å²) in [7, 11) is 0. The summed E-state index contributed by atoms with van der Waals surface area (Å²) >= 11 is 1.55. The van der Waals surface area contributed by atoms with Gasteiger partial charge in [-0.1, -0.05) is 48.5 Å². The molecular weight excluding hydrogens is 394 g/mol. The van der Waals surface area contributed by atoms with Gasteiger partial charge in [-0.25, -0.2) is 4.98 Å². The zero-order valence-corrected chi connectivity index (χ0v) is 17.3. The first-order valence-corrected chi connectivity index (χ1v) is 10.5. The number of thiazole rings is 1. The van der Waals surface area contributed by atoms with Crippen molar-refractivity contribution >= 4 is 39.1 Å². The second-order valence-corrected chi connectivity index (χ2v) is 8.11. The minimum atomic E-state index is -0.123. The van der Waals surface area contributed by atoms with Crippen molar-refractivity contribution in [2.75, 3.05) is 5.32 Å². The van der Waals surface area contributed by atoms with Crippen LogP contribution in [0.15, 0.2) is 72.8 Å². The Labute approximate surface area is 178 Å². The molecule has 0 spiro atoms. The van der Waals surface area contributed by atoms with Crippen molar-refractivity contribution in [3.8, 4) is 11.1 Å². The zero-order chi connectivity index (χ0) is 20.9. The first kappa shape index (κ1) is 19.8. The van der Waals surface area contributed by atoms with E-state index in [9.17, 15) is 9.59 Å². The summed E-state index contributed by atoms with van der Waals surface area (Å²) in [5.41, 5.74) is 4.85. The molecule has 4 aromatic rings. The highest BCUT2D eigenvalue weighted by atomic mass is 32.1. The number of benzene rings is 3. The molecule has 1 aromatic heterocycles. The minimum Gasteiger partial charge on any atom is -0.352 e. The third-order valence-electron chi connectivity index (χ3n) is 4.59. The lowest BCUT2D eigenvalue weighted by Crippen LogP contribution is -2.24. The molecule has 0 saturated heterocycles. The Morgan fingerprint density at radius 2 is 1.77 bits per heavy atom. The average molecular weight is 416 g/mol. The van der Waals surface area contributed by atoms with Crippen molar-refractivity contribution < 1.29 is 9.59 Å². The summed E-state index contributed by atoms with van der Waals surface area (Å²) in [6.45, 7) is 1.87. The minimum absolute atomic E-state index is 0.0812. The van der Waals surface area contributed by atoms with E-state index in [2.05, 4.69) is 39.9 Å². The number of nitrogens with zero attached hydrogens (tertiary/aromatic N) is 1. The largest absolute Gasteiger partial charge is 0.352 e. The molecule has 150 valence electrons. The maximum absolute atomic E-state index is 12.4. The number of hydrogen-bond acceptors (Lipinski definition) is 4. The van der Waals surface area contributed by atoms with Crippen LogP contribution in [0.1, 0.15) is 17.5 Å². The van der Waals surface area contributed by atoms with Crippen LogP contribution >= 0.6 is 11.3 Å². The number of amides is 2. The molecule has 1 heterocycles. The maximum Gasteiger partial charge on any atom is 0.227 e. The first-order chi connectivity index (χ1) is 14.6. The molecule has 0 unspecified atom stereocenters. The van der Waals surface area contributed by atoms with E-state index in [1.54, 1.807) is 11.3 Å². The molecule has 0 aliphatic heterocycles. The lowest BCUT2D eigenvalue weighted by Gasteiger charge is -2.07. The molecule has 0 atom stereocenters. The second-order valence-electron chi connectivity index (χ2n) is 6.99. The van der Waals surface area contributed by atoms with Gasteiger partial charge in [-0.2, -0.15) is 0 Å². The third kappa shape index (κ3) is 4.90. The van der Waals surface area contributed by atoms with Crippen LogP contribution < -0.4 is 10.6 Å². The number of hydrogen-bond donors (Lipinski definition) is 2. The normalized spacial score (nSPS) is 10.7. The molecule has 0 saturated carbocycles. The quantitative estimate of drug-likeness (QED) is 0.476. The van der Waals surface area contributed by atoms with Crippen LogP contribution in [0.2, 0.25) is 0 Å². The van der Waals surface area contributed by atoms with Crippen LogP contribution in [0.5, 0.6) is 0 Å². The van der Waals surface area contributed by atoms with E-state index in [1.165, 1.54) is 6.92 Å². The predicted molar refractivity (Wildman–Crippen MR) is 121 cm³/mol. The van der Waals surface area contributed by atoms with Crippen molar-refractivity contribution in [3.63, 3.8) is 0 Å². The standard InChI is InChI=1S/C24H21N3O2S/c1-16(28)26-20-9-5-6-17(12-20)15-25-23(29)14-24-27-21-11-10-19(13-22(21)30-24)18-7-3-2-4-8-18/h2-13H,14-15H2,1H3,(H,25,29)(H,26,28). The monoisotopic (exact) mass is 415 g/mol. The van der Waals surface area contributed by atoms with Gasteiger partial charge >= 0.3 is 0 Å². The molecular formula is C24H21N3O2S. The van der Waals surface area contributed by atoms with Crippen LogP contribution in [-0.2, 0) is 22.6 Å². The molecule has 3 aromatic carbocycles. The molecule has 0 radical (unpaired) electrons. The molecule has 0 aliphatic rings. The lowest BCUT2D eigenvalue weighted by atomic mass is 10.1. The summed E-state index contributed by atoms with van der Waals surface area (Å²) in [5, 5.41) is 6.46. The van der Waals surface area contributed by atoms with Crippen molar-refractivity contribution in [1.29, 1.82) is 0 Å². The van der Waals surface area contributed by atoms with E-state index in [1.807, 2.05) is 48.5 Å². The highest BCUT2D eigenvalue weighted by molar-refractivity contribution is 7.18. The van der Waals surface area contributed by atoms with Gasteiger partial charge in [0.05, 0.1) is 16.6 Å². The zero-order valence-electron chi connectivity index (χ0n) is 16.5. The number of fused-ring (bicyclic) bond motifs is 1.